The summed E-state index contributed by atoms with van der Waals surface area (Å²) in [6.07, 6.45) is -3.12. The summed E-state index contributed by atoms with van der Waals surface area (Å²) in [6.45, 7) is -1.51. The molecule has 0 aliphatic rings. The topological polar surface area (TPSA) is 38.3 Å². The monoisotopic (exact) mass is 265 g/mol. The summed E-state index contributed by atoms with van der Waals surface area (Å²) in [7, 11) is 0. The minimum absolute atomic E-state index is 0.0966. The van der Waals surface area contributed by atoms with Gasteiger partial charge in [0.15, 0.2) is 0 Å². The van der Waals surface area contributed by atoms with Crippen molar-refractivity contribution in [1.82, 2.24) is 5.32 Å². The van der Waals surface area contributed by atoms with Crippen molar-refractivity contribution in [3.05, 3.63) is 29.8 Å². The maximum absolute atomic E-state index is 12.0. The molecule has 1 atom stereocenters. The Morgan fingerprint density at radius 3 is 2.50 bits per heavy atom. The summed E-state index contributed by atoms with van der Waals surface area (Å²) < 4.78 is 52.2. The van der Waals surface area contributed by atoms with Crippen molar-refractivity contribution in [3.63, 3.8) is 0 Å². The third kappa shape index (κ3) is 4.23. The Morgan fingerprint density at radius 2 is 1.94 bits per heavy atom. The summed E-state index contributed by atoms with van der Waals surface area (Å²) in [4.78, 5) is 10.8. The lowest BCUT2D eigenvalue weighted by molar-refractivity contribution is -0.132. The second-order valence-electron chi connectivity index (χ2n) is 3.48. The lowest BCUT2D eigenvalue weighted by atomic mass is 10.1. The first-order valence-corrected chi connectivity index (χ1v) is 5.03. The highest BCUT2D eigenvalue weighted by Gasteiger charge is 2.18. The number of hydrogen-bond donors (Lipinski definition) is 1. The van der Waals surface area contributed by atoms with Crippen LogP contribution in [0, 0.1) is 0 Å². The third-order valence-electron chi connectivity index (χ3n) is 2.14. The molecule has 100 valence electrons. The van der Waals surface area contributed by atoms with E-state index in [2.05, 4.69) is 4.74 Å². The molecule has 0 aromatic heterocycles. The zero-order valence-corrected chi connectivity index (χ0v) is 9.37. The quantitative estimate of drug-likeness (QED) is 0.831. The molecule has 0 saturated carbocycles. The van der Waals surface area contributed by atoms with Gasteiger partial charge < -0.3 is 10.1 Å². The zero-order valence-electron chi connectivity index (χ0n) is 9.37. The van der Waals surface area contributed by atoms with Crippen molar-refractivity contribution < 1.29 is 27.1 Å². The molecule has 1 rings (SSSR count). The Hall–Kier alpha value is -1.79. The van der Waals surface area contributed by atoms with Gasteiger partial charge in [-0.15, -0.1) is 0 Å². The van der Waals surface area contributed by atoms with Crippen molar-refractivity contribution in [2.75, 3.05) is 0 Å². The van der Waals surface area contributed by atoms with E-state index in [1.54, 1.807) is 0 Å². The van der Waals surface area contributed by atoms with Crippen molar-refractivity contribution in [1.29, 1.82) is 0 Å². The van der Waals surface area contributed by atoms with Gasteiger partial charge in [-0.25, -0.2) is 0 Å². The van der Waals surface area contributed by atoms with E-state index in [1.165, 1.54) is 31.2 Å². The molecule has 1 unspecified atom stereocenters. The van der Waals surface area contributed by atoms with Gasteiger partial charge in [0, 0.05) is 0 Å². The number of carbonyl (C=O) groups excluding carboxylic acids is 1. The van der Waals surface area contributed by atoms with Gasteiger partial charge in [0.2, 0.25) is 0 Å². The van der Waals surface area contributed by atoms with Gasteiger partial charge in [-0.1, -0.05) is 12.1 Å². The van der Waals surface area contributed by atoms with Crippen molar-refractivity contribution in [2.24, 2.45) is 0 Å². The molecule has 1 N–H and O–H groups in total. The largest absolute Gasteiger partial charge is 0.435 e. The molecule has 0 radical (unpaired) electrons. The Kier molecular flexibility index (Phi) is 4.94. The van der Waals surface area contributed by atoms with E-state index < -0.39 is 25.0 Å². The van der Waals surface area contributed by atoms with Gasteiger partial charge in [0.1, 0.15) is 5.75 Å². The normalized spacial score (nSPS) is 12.6. The molecule has 1 amide bonds. The fourth-order valence-corrected chi connectivity index (χ4v) is 1.32. The minimum Gasteiger partial charge on any atom is -0.435 e. The van der Waals surface area contributed by atoms with E-state index in [4.69, 9.17) is 0 Å². The summed E-state index contributed by atoms with van der Waals surface area (Å²) in [5.74, 6) is -1.51. The van der Waals surface area contributed by atoms with E-state index in [9.17, 15) is 22.4 Å². The van der Waals surface area contributed by atoms with Crippen LogP contribution >= 0.6 is 0 Å². The first-order chi connectivity index (χ1) is 8.40. The van der Waals surface area contributed by atoms with E-state index >= 15 is 0 Å². The van der Waals surface area contributed by atoms with Gasteiger partial charge in [0.05, 0.1) is 6.04 Å². The molecule has 0 saturated heterocycles. The van der Waals surface area contributed by atoms with E-state index in [1.807, 2.05) is 5.32 Å². The Morgan fingerprint density at radius 1 is 1.28 bits per heavy atom. The van der Waals surface area contributed by atoms with Gasteiger partial charge in [-0.05, 0) is 24.6 Å². The average Bonchev–Trinajstić information content (AvgIpc) is 2.28. The Labute approximate surface area is 101 Å². The van der Waals surface area contributed by atoms with E-state index in [0.29, 0.717) is 5.56 Å². The molecule has 1 aromatic rings. The second kappa shape index (κ2) is 6.23. The molecule has 3 nitrogen and oxygen atoms in total. The highest BCUT2D eigenvalue weighted by molar-refractivity contribution is 5.79. The van der Waals surface area contributed by atoms with Crippen molar-refractivity contribution >= 4 is 5.91 Å². The van der Waals surface area contributed by atoms with Crippen LogP contribution in [0.15, 0.2) is 24.3 Å². The third-order valence-corrected chi connectivity index (χ3v) is 2.14. The highest BCUT2D eigenvalue weighted by Crippen LogP contribution is 2.20. The molecule has 18 heavy (non-hydrogen) atoms. The van der Waals surface area contributed by atoms with Crippen LogP contribution < -0.4 is 10.1 Å². The smallest absolute Gasteiger partial charge is 0.387 e. The average molecular weight is 265 g/mol. The maximum atomic E-state index is 12.0. The molecule has 7 heteroatoms. The van der Waals surface area contributed by atoms with Gasteiger partial charge in [-0.2, -0.15) is 17.6 Å². The molecule has 0 bridgehead atoms. The number of rotatable bonds is 5. The predicted molar refractivity (Wildman–Crippen MR) is 55.6 cm³/mol. The first kappa shape index (κ1) is 14.3. The summed E-state index contributed by atoms with van der Waals surface area (Å²) in [5, 5.41) is 2.04. The van der Waals surface area contributed by atoms with Gasteiger partial charge >= 0.3 is 13.0 Å². The molecular formula is C11H11F4NO2. The van der Waals surface area contributed by atoms with Crippen LogP contribution in [0.3, 0.4) is 0 Å². The fraction of sp³-hybridized carbons (Fsp3) is 0.364. The number of amides is 1. The SMILES string of the molecule is CC(NC(=O)C(F)F)c1cccc(OC(F)F)c1. The Balaban J connectivity index is 2.73. The van der Waals surface area contributed by atoms with Crippen LogP contribution in [0.2, 0.25) is 0 Å². The fourth-order valence-electron chi connectivity index (χ4n) is 1.32. The predicted octanol–water partition coefficient (Wildman–Crippen LogP) is 2.73. The van der Waals surface area contributed by atoms with Crippen LogP contribution in [0.4, 0.5) is 17.6 Å². The molecule has 0 spiro atoms. The van der Waals surface area contributed by atoms with Crippen molar-refractivity contribution in [2.45, 2.75) is 26.0 Å². The number of ether oxygens (including phenoxy) is 1. The molecule has 0 heterocycles. The zero-order chi connectivity index (χ0) is 13.7. The molecule has 0 aliphatic heterocycles. The highest BCUT2D eigenvalue weighted by atomic mass is 19.3. The molecular weight excluding hydrogens is 254 g/mol. The van der Waals surface area contributed by atoms with Gasteiger partial charge in [0.25, 0.3) is 5.91 Å². The van der Waals surface area contributed by atoms with Crippen LogP contribution in [-0.4, -0.2) is 18.9 Å². The van der Waals surface area contributed by atoms with Crippen molar-refractivity contribution in [3.8, 4) is 5.75 Å². The number of hydrogen-bond acceptors (Lipinski definition) is 2. The van der Waals surface area contributed by atoms with Crippen LogP contribution in [0.1, 0.15) is 18.5 Å². The second-order valence-corrected chi connectivity index (χ2v) is 3.48. The standard InChI is InChI=1S/C11H11F4NO2/c1-6(16-10(17)9(12)13)7-3-2-4-8(5-7)18-11(14)15/h2-6,9,11H,1H3,(H,16,17). The maximum Gasteiger partial charge on any atom is 0.387 e. The van der Waals surface area contributed by atoms with Crippen LogP contribution in [-0.2, 0) is 4.79 Å². The van der Waals surface area contributed by atoms with Crippen LogP contribution in [0.5, 0.6) is 5.75 Å². The first-order valence-electron chi connectivity index (χ1n) is 5.03. The number of alkyl halides is 4. The lowest BCUT2D eigenvalue weighted by Crippen LogP contribution is -2.31. The number of carbonyl (C=O) groups is 1. The number of halogens is 4. The number of benzene rings is 1. The lowest BCUT2D eigenvalue weighted by Gasteiger charge is -2.15. The summed E-state index contributed by atoms with van der Waals surface area (Å²) in [5.41, 5.74) is 0.391. The minimum atomic E-state index is -3.12. The molecule has 1 aromatic carbocycles. The Bertz CT molecular complexity index is 412. The summed E-state index contributed by atoms with van der Waals surface area (Å²) in [6, 6.07) is 4.76. The molecule has 0 aliphatic carbocycles. The van der Waals surface area contributed by atoms with E-state index in [-0.39, 0.29) is 5.75 Å². The molecule has 0 fully saturated rings. The van der Waals surface area contributed by atoms with Crippen LogP contribution in [0.25, 0.3) is 0 Å². The number of nitrogens with one attached hydrogen (secondary N) is 1. The summed E-state index contributed by atoms with van der Waals surface area (Å²) >= 11 is 0. The van der Waals surface area contributed by atoms with Gasteiger partial charge in [-0.3, -0.25) is 4.79 Å². The van der Waals surface area contributed by atoms with E-state index in [0.717, 1.165) is 0 Å².